The summed E-state index contributed by atoms with van der Waals surface area (Å²) in [5, 5.41) is 1.10. The van der Waals surface area contributed by atoms with Crippen molar-refractivity contribution in [1.82, 2.24) is 24.7 Å². The van der Waals surface area contributed by atoms with Crippen molar-refractivity contribution in [2.24, 2.45) is 0 Å². The molecule has 5 rings (SSSR count). The second-order valence-corrected chi connectivity index (χ2v) is 9.60. The summed E-state index contributed by atoms with van der Waals surface area (Å²) in [7, 11) is 1.68. The predicted octanol–water partition coefficient (Wildman–Crippen LogP) is 4.05. The number of carbonyl (C=O) groups excluding carboxylic acids is 3. The number of aromatic nitrogens is 2. The van der Waals surface area contributed by atoms with E-state index in [2.05, 4.69) is 28.2 Å². The molecule has 8 nitrogen and oxygen atoms in total. The number of benzene rings is 2. The number of aromatic amines is 1. The number of pyridine rings is 1. The fraction of sp³-hybridized carbons (Fsp3) is 0.267. The van der Waals surface area contributed by atoms with Crippen molar-refractivity contribution in [3.63, 3.8) is 0 Å². The molecule has 0 saturated carbocycles. The maximum Gasteiger partial charge on any atom is 0.327 e. The predicted molar refractivity (Wildman–Crippen MR) is 145 cm³/mol. The molecule has 0 aliphatic carbocycles. The van der Waals surface area contributed by atoms with E-state index in [4.69, 9.17) is 0 Å². The summed E-state index contributed by atoms with van der Waals surface area (Å²) in [5.41, 5.74) is 4.09. The molecule has 4 amide bonds. The molecule has 194 valence electrons. The first-order chi connectivity index (χ1) is 18.5. The first-order valence-corrected chi connectivity index (χ1v) is 12.9. The van der Waals surface area contributed by atoms with Gasteiger partial charge in [0.25, 0.3) is 0 Å². The third-order valence-corrected chi connectivity index (χ3v) is 7.15. The highest BCUT2D eigenvalue weighted by molar-refractivity contribution is 6.00. The first kappa shape index (κ1) is 25.2. The molecule has 0 spiro atoms. The van der Waals surface area contributed by atoms with Gasteiger partial charge in [-0.25, -0.2) is 4.79 Å². The SMILES string of the molecule is CN(CCc1ccccn1)C(=O)CN1C(=O)CCN(CC(c2ccccc2)c2c[nH]c3ccccc23)C1=O. The van der Waals surface area contributed by atoms with Crippen molar-refractivity contribution in [3.05, 3.63) is 102 Å². The monoisotopic (exact) mass is 509 g/mol. The lowest BCUT2D eigenvalue weighted by Crippen LogP contribution is -2.55. The van der Waals surface area contributed by atoms with E-state index in [-0.39, 0.29) is 30.7 Å². The number of hydrogen-bond acceptors (Lipinski definition) is 4. The van der Waals surface area contributed by atoms with Crippen LogP contribution < -0.4 is 0 Å². The summed E-state index contributed by atoms with van der Waals surface area (Å²) in [6.07, 6.45) is 4.50. The summed E-state index contributed by atoms with van der Waals surface area (Å²) in [4.78, 5) is 51.2. The van der Waals surface area contributed by atoms with Gasteiger partial charge in [-0.05, 0) is 29.3 Å². The Hall–Kier alpha value is -4.46. The number of amides is 4. The third-order valence-electron chi connectivity index (χ3n) is 7.15. The molecule has 38 heavy (non-hydrogen) atoms. The summed E-state index contributed by atoms with van der Waals surface area (Å²) in [6.45, 7) is 0.907. The van der Waals surface area contributed by atoms with E-state index in [1.807, 2.05) is 60.8 Å². The average molecular weight is 510 g/mol. The Balaban J connectivity index is 1.31. The number of para-hydroxylation sites is 1. The van der Waals surface area contributed by atoms with Crippen LogP contribution in [0.1, 0.15) is 29.2 Å². The van der Waals surface area contributed by atoms with Crippen LogP contribution in [0.15, 0.2) is 85.2 Å². The summed E-state index contributed by atoms with van der Waals surface area (Å²) < 4.78 is 0. The van der Waals surface area contributed by atoms with Crippen LogP contribution in [-0.4, -0.2) is 75.7 Å². The molecule has 4 aromatic rings. The van der Waals surface area contributed by atoms with Crippen molar-refractivity contribution >= 4 is 28.7 Å². The van der Waals surface area contributed by atoms with Gasteiger partial charge in [0.2, 0.25) is 11.8 Å². The molecule has 3 heterocycles. The number of imide groups is 1. The molecule has 0 radical (unpaired) electrons. The molecule has 1 aliphatic heterocycles. The highest BCUT2D eigenvalue weighted by atomic mass is 16.2. The lowest BCUT2D eigenvalue weighted by atomic mass is 9.90. The van der Waals surface area contributed by atoms with Crippen molar-refractivity contribution in [1.29, 1.82) is 0 Å². The fourth-order valence-electron chi connectivity index (χ4n) is 4.94. The second-order valence-electron chi connectivity index (χ2n) is 9.60. The van der Waals surface area contributed by atoms with E-state index in [1.165, 1.54) is 0 Å². The normalized spacial score (nSPS) is 14.7. The Morgan fingerprint density at radius 1 is 1.03 bits per heavy atom. The van der Waals surface area contributed by atoms with Crippen LogP contribution in [0, 0.1) is 0 Å². The minimum absolute atomic E-state index is 0.0944. The number of nitrogens with zero attached hydrogens (tertiary/aromatic N) is 4. The summed E-state index contributed by atoms with van der Waals surface area (Å²) >= 11 is 0. The molecule has 8 heteroatoms. The van der Waals surface area contributed by atoms with E-state index >= 15 is 0 Å². The van der Waals surface area contributed by atoms with Crippen LogP contribution >= 0.6 is 0 Å². The van der Waals surface area contributed by atoms with Crippen molar-refractivity contribution in [2.45, 2.75) is 18.8 Å². The number of carbonyl (C=O) groups is 3. The molecule has 1 N–H and O–H groups in total. The number of H-pyrrole nitrogens is 1. The Kier molecular flexibility index (Phi) is 7.49. The first-order valence-electron chi connectivity index (χ1n) is 12.9. The zero-order valence-electron chi connectivity index (χ0n) is 21.4. The van der Waals surface area contributed by atoms with Gasteiger partial charge in [-0.1, -0.05) is 54.6 Å². The molecule has 2 aromatic carbocycles. The van der Waals surface area contributed by atoms with Crippen LogP contribution in [0.4, 0.5) is 4.79 Å². The van der Waals surface area contributed by atoms with E-state index in [9.17, 15) is 14.4 Å². The Labute approximate surface area is 221 Å². The van der Waals surface area contributed by atoms with Gasteiger partial charge in [0.15, 0.2) is 0 Å². The van der Waals surface area contributed by atoms with Crippen LogP contribution in [0.5, 0.6) is 0 Å². The van der Waals surface area contributed by atoms with Gasteiger partial charge in [-0.15, -0.1) is 0 Å². The van der Waals surface area contributed by atoms with Crippen LogP contribution in [0.25, 0.3) is 10.9 Å². The highest BCUT2D eigenvalue weighted by Gasteiger charge is 2.35. The van der Waals surface area contributed by atoms with Crippen LogP contribution in [0.3, 0.4) is 0 Å². The maximum absolute atomic E-state index is 13.5. The minimum atomic E-state index is -0.423. The van der Waals surface area contributed by atoms with Gasteiger partial charge in [0.1, 0.15) is 6.54 Å². The molecule has 1 aliphatic rings. The quantitative estimate of drug-likeness (QED) is 0.369. The maximum atomic E-state index is 13.5. The molecular formula is C30H31N5O3. The fourth-order valence-corrected chi connectivity index (χ4v) is 4.94. The Morgan fingerprint density at radius 3 is 2.58 bits per heavy atom. The van der Waals surface area contributed by atoms with Crippen LogP contribution in [-0.2, 0) is 16.0 Å². The van der Waals surface area contributed by atoms with Crippen LogP contribution in [0.2, 0.25) is 0 Å². The molecule has 1 fully saturated rings. The molecule has 1 unspecified atom stereocenters. The van der Waals surface area contributed by atoms with Gasteiger partial charge in [0, 0.05) is 74.4 Å². The number of nitrogens with one attached hydrogen (secondary N) is 1. The molecule has 2 aromatic heterocycles. The Morgan fingerprint density at radius 2 is 1.79 bits per heavy atom. The van der Waals surface area contributed by atoms with Gasteiger partial charge < -0.3 is 14.8 Å². The average Bonchev–Trinajstić information content (AvgIpc) is 3.38. The molecule has 0 bridgehead atoms. The highest BCUT2D eigenvalue weighted by Crippen LogP contribution is 2.32. The number of likely N-dealkylation sites (N-methyl/N-ethyl adjacent to an activating group) is 1. The largest absolute Gasteiger partial charge is 0.361 e. The number of urea groups is 1. The topological polar surface area (TPSA) is 89.6 Å². The minimum Gasteiger partial charge on any atom is -0.361 e. The smallest absolute Gasteiger partial charge is 0.327 e. The third kappa shape index (κ3) is 5.44. The van der Waals surface area contributed by atoms with E-state index in [1.54, 1.807) is 23.0 Å². The zero-order chi connectivity index (χ0) is 26.5. The van der Waals surface area contributed by atoms with Gasteiger partial charge in [-0.3, -0.25) is 19.5 Å². The lowest BCUT2D eigenvalue weighted by molar-refractivity contribution is -0.139. The van der Waals surface area contributed by atoms with E-state index in [0.29, 0.717) is 26.1 Å². The van der Waals surface area contributed by atoms with Gasteiger partial charge >= 0.3 is 6.03 Å². The lowest BCUT2D eigenvalue weighted by Gasteiger charge is -2.36. The second kappa shape index (κ2) is 11.3. The molecular weight excluding hydrogens is 478 g/mol. The van der Waals surface area contributed by atoms with Crippen molar-refractivity contribution < 1.29 is 14.4 Å². The standard InChI is InChI=1S/C30H31N5O3/c1-33(17-14-23-11-7-8-16-31-23)29(37)21-35-28(36)15-18-34(30(35)38)20-26(22-9-3-2-4-10-22)25-19-32-27-13-6-5-12-24(25)27/h2-13,16,19,26,32H,14-15,17-18,20-21H2,1H3. The number of rotatable bonds is 9. The Bertz CT molecular complexity index is 1420. The van der Waals surface area contributed by atoms with Crippen molar-refractivity contribution in [2.75, 3.05) is 33.2 Å². The summed E-state index contributed by atoms with van der Waals surface area (Å²) in [6, 6.07) is 23.4. The number of hydrogen-bond donors (Lipinski definition) is 1. The zero-order valence-corrected chi connectivity index (χ0v) is 21.4. The number of fused-ring (bicyclic) bond motifs is 1. The van der Waals surface area contributed by atoms with Gasteiger partial charge in [-0.2, -0.15) is 0 Å². The molecule has 1 saturated heterocycles. The van der Waals surface area contributed by atoms with Gasteiger partial charge in [0.05, 0.1) is 0 Å². The van der Waals surface area contributed by atoms with E-state index < -0.39 is 6.03 Å². The summed E-state index contributed by atoms with van der Waals surface area (Å²) in [5.74, 6) is -0.690. The van der Waals surface area contributed by atoms with E-state index in [0.717, 1.165) is 32.6 Å². The van der Waals surface area contributed by atoms with Crippen molar-refractivity contribution in [3.8, 4) is 0 Å². The molecule has 1 atom stereocenters.